The third kappa shape index (κ3) is 5.11. The van der Waals surface area contributed by atoms with Gasteiger partial charge in [0.15, 0.2) is 6.61 Å². The van der Waals surface area contributed by atoms with Crippen LogP contribution in [0, 0.1) is 20.8 Å². The van der Waals surface area contributed by atoms with Crippen LogP contribution in [0.5, 0.6) is 5.75 Å². The molecule has 0 fully saturated rings. The monoisotopic (exact) mass is 404 g/mol. The minimum atomic E-state index is -3.59. The number of hydrogen-bond acceptors (Lipinski definition) is 4. The summed E-state index contributed by atoms with van der Waals surface area (Å²) in [6.07, 6.45) is 0. The van der Waals surface area contributed by atoms with Crippen LogP contribution in [0.15, 0.2) is 41.3 Å². The van der Waals surface area contributed by atoms with Gasteiger partial charge in [0.05, 0.1) is 4.90 Å². The second kappa shape index (κ2) is 9.21. The van der Waals surface area contributed by atoms with Crippen molar-refractivity contribution in [1.82, 2.24) is 4.31 Å². The number of hydrogen-bond donors (Lipinski definition) is 1. The van der Waals surface area contributed by atoms with Crippen molar-refractivity contribution in [2.45, 2.75) is 39.5 Å². The van der Waals surface area contributed by atoms with Gasteiger partial charge in [0, 0.05) is 18.8 Å². The third-order valence-corrected chi connectivity index (χ3v) is 6.57. The van der Waals surface area contributed by atoms with Gasteiger partial charge >= 0.3 is 0 Å². The molecule has 0 saturated heterocycles. The van der Waals surface area contributed by atoms with Crippen LogP contribution in [0.3, 0.4) is 0 Å². The van der Waals surface area contributed by atoms with Crippen LogP contribution in [0.2, 0.25) is 0 Å². The molecule has 0 unspecified atom stereocenters. The van der Waals surface area contributed by atoms with Crippen LogP contribution in [-0.4, -0.2) is 38.3 Å². The van der Waals surface area contributed by atoms with E-state index in [0.717, 1.165) is 16.7 Å². The van der Waals surface area contributed by atoms with Crippen LogP contribution < -0.4 is 10.1 Å². The summed E-state index contributed by atoms with van der Waals surface area (Å²) in [4.78, 5) is 12.5. The van der Waals surface area contributed by atoms with Crippen LogP contribution >= 0.6 is 0 Å². The third-order valence-electron chi connectivity index (χ3n) is 4.53. The van der Waals surface area contributed by atoms with E-state index in [0.29, 0.717) is 24.5 Å². The number of ether oxygens (including phenoxy) is 1. The number of benzene rings is 2. The second-order valence-corrected chi connectivity index (χ2v) is 8.61. The number of carbonyl (C=O) groups is 1. The predicted octanol–water partition coefficient (Wildman–Crippen LogP) is 3.66. The van der Waals surface area contributed by atoms with E-state index in [-0.39, 0.29) is 17.4 Å². The van der Waals surface area contributed by atoms with Crippen LogP contribution in [0.4, 0.5) is 5.69 Å². The molecule has 0 radical (unpaired) electrons. The SMILES string of the molecule is CCN(CC)S(=O)(=O)c1ccc(C)c(NC(=O)COc2cc(C)ccc2C)c1. The number of amides is 1. The van der Waals surface area contributed by atoms with Crippen molar-refractivity contribution in [3.05, 3.63) is 53.1 Å². The summed E-state index contributed by atoms with van der Waals surface area (Å²) in [7, 11) is -3.59. The van der Waals surface area contributed by atoms with Crippen LogP contribution in [0.1, 0.15) is 30.5 Å². The van der Waals surface area contributed by atoms with E-state index in [1.807, 2.05) is 39.0 Å². The van der Waals surface area contributed by atoms with Gasteiger partial charge in [0.25, 0.3) is 5.91 Å². The lowest BCUT2D eigenvalue weighted by Crippen LogP contribution is -2.30. The molecule has 1 amide bonds. The summed E-state index contributed by atoms with van der Waals surface area (Å²) in [6.45, 7) is 9.89. The maximum atomic E-state index is 12.7. The molecule has 0 aromatic heterocycles. The highest BCUT2D eigenvalue weighted by atomic mass is 32.2. The Morgan fingerprint density at radius 2 is 1.64 bits per heavy atom. The topological polar surface area (TPSA) is 75.7 Å². The van der Waals surface area contributed by atoms with Gasteiger partial charge in [-0.1, -0.05) is 32.0 Å². The van der Waals surface area contributed by atoms with Crippen molar-refractivity contribution in [3.8, 4) is 5.75 Å². The molecule has 152 valence electrons. The Labute approximate surface area is 167 Å². The van der Waals surface area contributed by atoms with Crippen LogP contribution in [0.25, 0.3) is 0 Å². The molecule has 0 aliphatic heterocycles. The zero-order valence-electron chi connectivity index (χ0n) is 17.1. The Kier molecular flexibility index (Phi) is 7.21. The van der Waals surface area contributed by atoms with Gasteiger partial charge in [-0.15, -0.1) is 0 Å². The molecule has 6 nitrogen and oxygen atoms in total. The average molecular weight is 405 g/mol. The van der Waals surface area contributed by atoms with Gasteiger partial charge in [0.1, 0.15) is 5.75 Å². The largest absolute Gasteiger partial charge is 0.483 e. The highest BCUT2D eigenvalue weighted by Crippen LogP contribution is 2.23. The van der Waals surface area contributed by atoms with E-state index in [4.69, 9.17) is 4.74 Å². The number of sulfonamides is 1. The maximum Gasteiger partial charge on any atom is 0.262 e. The van der Waals surface area contributed by atoms with E-state index in [1.54, 1.807) is 26.0 Å². The van der Waals surface area contributed by atoms with E-state index in [2.05, 4.69) is 5.32 Å². The first-order valence-electron chi connectivity index (χ1n) is 9.29. The summed E-state index contributed by atoms with van der Waals surface area (Å²) in [5, 5.41) is 2.76. The summed E-state index contributed by atoms with van der Waals surface area (Å²) < 4.78 is 32.4. The molecular weight excluding hydrogens is 376 g/mol. The molecule has 0 bridgehead atoms. The number of nitrogens with zero attached hydrogens (tertiary/aromatic N) is 1. The molecule has 0 spiro atoms. The Morgan fingerprint density at radius 3 is 2.29 bits per heavy atom. The molecule has 0 heterocycles. The molecule has 2 aromatic carbocycles. The van der Waals surface area contributed by atoms with Crippen molar-refractivity contribution in [1.29, 1.82) is 0 Å². The van der Waals surface area contributed by atoms with Gasteiger partial charge in [-0.25, -0.2) is 8.42 Å². The molecule has 1 N–H and O–H groups in total. The number of aryl methyl sites for hydroxylation is 3. The van der Waals surface area contributed by atoms with E-state index >= 15 is 0 Å². The smallest absolute Gasteiger partial charge is 0.262 e. The zero-order valence-corrected chi connectivity index (χ0v) is 17.9. The van der Waals surface area contributed by atoms with E-state index in [9.17, 15) is 13.2 Å². The first-order valence-corrected chi connectivity index (χ1v) is 10.7. The predicted molar refractivity (Wildman–Crippen MR) is 111 cm³/mol. The first kappa shape index (κ1) is 21.9. The minimum absolute atomic E-state index is 0.156. The fourth-order valence-corrected chi connectivity index (χ4v) is 4.29. The quantitative estimate of drug-likeness (QED) is 0.728. The van der Waals surface area contributed by atoms with Crippen LogP contribution in [-0.2, 0) is 14.8 Å². The van der Waals surface area contributed by atoms with Crippen molar-refractivity contribution in [2.24, 2.45) is 0 Å². The fourth-order valence-electron chi connectivity index (χ4n) is 2.80. The van der Waals surface area contributed by atoms with E-state index in [1.165, 1.54) is 10.4 Å². The number of nitrogens with one attached hydrogen (secondary N) is 1. The summed E-state index contributed by atoms with van der Waals surface area (Å²) >= 11 is 0. The Balaban J connectivity index is 2.15. The molecule has 7 heteroatoms. The Morgan fingerprint density at radius 1 is 1.00 bits per heavy atom. The van der Waals surface area contributed by atoms with Crippen molar-refractivity contribution < 1.29 is 17.9 Å². The van der Waals surface area contributed by atoms with Gasteiger partial charge < -0.3 is 10.1 Å². The first-order chi connectivity index (χ1) is 13.2. The standard InChI is InChI=1S/C21H28N2O4S/c1-6-23(7-2)28(25,26)18-11-10-16(4)19(13-18)22-21(24)14-27-20-12-15(3)8-9-17(20)5/h8-13H,6-7,14H2,1-5H3,(H,22,24). The number of anilines is 1. The molecule has 2 aromatic rings. The number of carbonyl (C=O) groups excluding carboxylic acids is 1. The van der Waals surface area contributed by atoms with Gasteiger partial charge in [0.2, 0.25) is 10.0 Å². The summed E-state index contributed by atoms with van der Waals surface area (Å²) in [5.74, 6) is 0.311. The van der Waals surface area contributed by atoms with E-state index < -0.39 is 10.0 Å². The summed E-state index contributed by atoms with van der Waals surface area (Å²) in [6, 6.07) is 10.6. The lowest BCUT2D eigenvalue weighted by atomic mass is 10.1. The van der Waals surface area contributed by atoms with Gasteiger partial charge in [-0.3, -0.25) is 4.79 Å². The summed E-state index contributed by atoms with van der Waals surface area (Å²) in [5.41, 5.74) is 3.23. The molecular formula is C21H28N2O4S. The van der Waals surface area contributed by atoms with Gasteiger partial charge in [-0.05, 0) is 55.7 Å². The molecule has 0 aliphatic carbocycles. The Bertz CT molecular complexity index is 951. The molecule has 28 heavy (non-hydrogen) atoms. The van der Waals surface area contributed by atoms with Crippen molar-refractivity contribution in [2.75, 3.05) is 25.0 Å². The molecule has 2 rings (SSSR count). The fraction of sp³-hybridized carbons (Fsp3) is 0.381. The molecule has 0 aliphatic rings. The normalized spacial score (nSPS) is 11.5. The lowest BCUT2D eigenvalue weighted by molar-refractivity contribution is -0.118. The average Bonchev–Trinajstić information content (AvgIpc) is 2.65. The second-order valence-electron chi connectivity index (χ2n) is 6.67. The molecule has 0 saturated carbocycles. The Hall–Kier alpha value is -2.38. The molecule has 0 atom stereocenters. The number of rotatable bonds is 8. The van der Waals surface area contributed by atoms with Crippen molar-refractivity contribution in [3.63, 3.8) is 0 Å². The van der Waals surface area contributed by atoms with Crippen molar-refractivity contribution >= 4 is 21.6 Å². The highest BCUT2D eigenvalue weighted by Gasteiger charge is 2.22. The van der Waals surface area contributed by atoms with Gasteiger partial charge in [-0.2, -0.15) is 4.31 Å². The zero-order chi connectivity index (χ0) is 20.9. The lowest BCUT2D eigenvalue weighted by Gasteiger charge is -2.19. The minimum Gasteiger partial charge on any atom is -0.483 e. The maximum absolute atomic E-state index is 12.7. The highest BCUT2D eigenvalue weighted by molar-refractivity contribution is 7.89.